The van der Waals surface area contributed by atoms with Gasteiger partial charge in [-0.2, -0.15) is 11.3 Å². The second-order valence-corrected chi connectivity index (χ2v) is 8.50. The predicted molar refractivity (Wildman–Crippen MR) is 112 cm³/mol. The quantitative estimate of drug-likeness (QED) is 0.439. The van der Waals surface area contributed by atoms with Crippen LogP contribution in [-0.4, -0.2) is 27.4 Å². The first-order chi connectivity index (χ1) is 12.9. The molecule has 0 unspecified atom stereocenters. The first-order valence-corrected chi connectivity index (χ1v) is 10.6. The zero-order chi connectivity index (χ0) is 17.3. The standard InChI is InChI=1S/C21H19N3S2/c1-2-10-24(9-1)26-17-5-3-4-15(12-17)19-13-23-21-20(19)18(6-8-22-21)16-7-11-25-14-16/h3-8,11-14H,1-2,9-10H2,(H,22,23). The molecule has 4 aromatic rings. The van der Waals surface area contributed by atoms with Crippen molar-refractivity contribution >= 4 is 34.3 Å². The zero-order valence-electron chi connectivity index (χ0n) is 14.3. The van der Waals surface area contributed by atoms with E-state index >= 15 is 0 Å². The highest BCUT2D eigenvalue weighted by molar-refractivity contribution is 7.97. The summed E-state index contributed by atoms with van der Waals surface area (Å²) in [5.41, 5.74) is 5.90. The molecule has 3 aromatic heterocycles. The molecule has 0 bridgehead atoms. The van der Waals surface area contributed by atoms with E-state index in [1.54, 1.807) is 11.3 Å². The number of aromatic nitrogens is 2. The Morgan fingerprint density at radius 2 is 1.96 bits per heavy atom. The van der Waals surface area contributed by atoms with Gasteiger partial charge in [-0.15, -0.1) is 0 Å². The normalized spacial score (nSPS) is 15.1. The minimum atomic E-state index is 0.946. The Morgan fingerprint density at radius 3 is 2.81 bits per heavy atom. The molecule has 0 atom stereocenters. The maximum absolute atomic E-state index is 4.54. The van der Waals surface area contributed by atoms with E-state index in [-0.39, 0.29) is 0 Å². The van der Waals surface area contributed by atoms with Crippen molar-refractivity contribution in [3.05, 3.63) is 59.6 Å². The summed E-state index contributed by atoms with van der Waals surface area (Å²) in [6, 6.07) is 13.2. The Labute approximate surface area is 161 Å². The van der Waals surface area contributed by atoms with E-state index in [0.717, 1.165) is 5.65 Å². The fourth-order valence-corrected chi connectivity index (χ4v) is 5.31. The van der Waals surface area contributed by atoms with Crippen LogP contribution in [0.25, 0.3) is 33.3 Å². The van der Waals surface area contributed by atoms with Crippen molar-refractivity contribution in [3.63, 3.8) is 0 Å². The molecule has 1 saturated heterocycles. The SMILES string of the molecule is c1cc(SN2CCCC2)cc(-c2c[nH]c3nccc(-c4ccsc4)c23)c1. The Hall–Kier alpha value is -2.08. The van der Waals surface area contributed by atoms with Crippen LogP contribution in [0.1, 0.15) is 12.8 Å². The molecule has 0 saturated carbocycles. The number of nitrogens with one attached hydrogen (secondary N) is 1. The molecule has 0 amide bonds. The molecular weight excluding hydrogens is 358 g/mol. The number of nitrogens with zero attached hydrogens (tertiary/aromatic N) is 2. The molecule has 5 rings (SSSR count). The molecule has 1 N–H and O–H groups in total. The van der Waals surface area contributed by atoms with Crippen LogP contribution in [0, 0.1) is 0 Å². The molecule has 4 heterocycles. The lowest BCUT2D eigenvalue weighted by Crippen LogP contribution is -2.08. The van der Waals surface area contributed by atoms with Crippen molar-refractivity contribution in [3.8, 4) is 22.3 Å². The average Bonchev–Trinajstić information content (AvgIpc) is 3.43. The highest BCUT2D eigenvalue weighted by Gasteiger charge is 2.15. The van der Waals surface area contributed by atoms with Crippen LogP contribution in [0.4, 0.5) is 0 Å². The Bertz CT molecular complexity index is 1030. The second kappa shape index (κ2) is 6.91. The van der Waals surface area contributed by atoms with Gasteiger partial charge in [-0.1, -0.05) is 12.1 Å². The van der Waals surface area contributed by atoms with E-state index in [1.807, 2.05) is 18.1 Å². The molecule has 0 spiro atoms. The smallest absolute Gasteiger partial charge is 0.138 e. The number of fused-ring (bicyclic) bond motifs is 1. The van der Waals surface area contributed by atoms with Crippen molar-refractivity contribution < 1.29 is 0 Å². The van der Waals surface area contributed by atoms with Gasteiger partial charge in [0.2, 0.25) is 0 Å². The lowest BCUT2D eigenvalue weighted by molar-refractivity contribution is 0.586. The molecule has 0 aliphatic carbocycles. The van der Waals surface area contributed by atoms with Crippen LogP contribution in [-0.2, 0) is 0 Å². The van der Waals surface area contributed by atoms with E-state index in [9.17, 15) is 0 Å². The van der Waals surface area contributed by atoms with Crippen LogP contribution < -0.4 is 0 Å². The number of pyridine rings is 1. The lowest BCUT2D eigenvalue weighted by atomic mass is 10.00. The van der Waals surface area contributed by atoms with E-state index < -0.39 is 0 Å². The van der Waals surface area contributed by atoms with E-state index in [0.29, 0.717) is 0 Å². The van der Waals surface area contributed by atoms with Gasteiger partial charge in [0, 0.05) is 41.3 Å². The molecule has 1 fully saturated rings. The van der Waals surface area contributed by atoms with Gasteiger partial charge in [-0.25, -0.2) is 9.29 Å². The van der Waals surface area contributed by atoms with Crippen LogP contribution in [0.15, 0.2) is 64.4 Å². The molecule has 0 radical (unpaired) electrons. The summed E-state index contributed by atoms with van der Waals surface area (Å²) in [6.45, 7) is 2.38. The van der Waals surface area contributed by atoms with Gasteiger partial charge in [0.05, 0.1) is 0 Å². The summed E-state index contributed by atoms with van der Waals surface area (Å²) in [6.07, 6.45) is 6.60. The third-order valence-electron chi connectivity index (χ3n) is 4.85. The topological polar surface area (TPSA) is 31.9 Å². The second-order valence-electron chi connectivity index (χ2n) is 6.55. The first kappa shape index (κ1) is 16.1. The van der Waals surface area contributed by atoms with Gasteiger partial charge in [-0.05, 0) is 76.5 Å². The number of hydrogen-bond donors (Lipinski definition) is 1. The fraction of sp³-hybridized carbons (Fsp3) is 0.190. The highest BCUT2D eigenvalue weighted by Crippen LogP contribution is 2.37. The molecule has 1 aliphatic rings. The van der Waals surface area contributed by atoms with Gasteiger partial charge in [0.15, 0.2) is 0 Å². The molecular formula is C21H19N3S2. The van der Waals surface area contributed by atoms with Crippen molar-refractivity contribution in [2.45, 2.75) is 17.7 Å². The number of rotatable bonds is 4. The summed E-state index contributed by atoms with van der Waals surface area (Å²) in [5, 5.41) is 5.53. The number of thiophene rings is 1. The van der Waals surface area contributed by atoms with Gasteiger partial charge in [0.25, 0.3) is 0 Å². The van der Waals surface area contributed by atoms with Crippen LogP contribution in [0.3, 0.4) is 0 Å². The lowest BCUT2D eigenvalue weighted by Gasteiger charge is -2.14. The maximum Gasteiger partial charge on any atom is 0.138 e. The number of aromatic amines is 1. The summed E-state index contributed by atoms with van der Waals surface area (Å²) in [4.78, 5) is 9.20. The Morgan fingerprint density at radius 1 is 1.04 bits per heavy atom. The Balaban J connectivity index is 1.59. The number of hydrogen-bond acceptors (Lipinski definition) is 4. The van der Waals surface area contributed by atoms with Crippen molar-refractivity contribution in [1.29, 1.82) is 0 Å². The monoisotopic (exact) mass is 377 g/mol. The van der Waals surface area contributed by atoms with Gasteiger partial charge < -0.3 is 4.98 Å². The molecule has 1 aromatic carbocycles. The van der Waals surface area contributed by atoms with Crippen LogP contribution in [0.2, 0.25) is 0 Å². The first-order valence-electron chi connectivity index (χ1n) is 8.90. The summed E-state index contributed by atoms with van der Waals surface area (Å²) < 4.78 is 2.46. The third-order valence-corrected chi connectivity index (χ3v) is 6.62. The van der Waals surface area contributed by atoms with Crippen LogP contribution >= 0.6 is 23.3 Å². The van der Waals surface area contributed by atoms with Gasteiger partial charge in [-0.3, -0.25) is 0 Å². The fourth-order valence-electron chi connectivity index (χ4n) is 3.59. The van der Waals surface area contributed by atoms with E-state index in [2.05, 4.69) is 67.6 Å². The maximum atomic E-state index is 4.54. The third kappa shape index (κ3) is 2.96. The highest BCUT2D eigenvalue weighted by atomic mass is 32.2. The van der Waals surface area contributed by atoms with E-state index in [4.69, 9.17) is 0 Å². The molecule has 3 nitrogen and oxygen atoms in total. The number of H-pyrrole nitrogens is 1. The minimum Gasteiger partial charge on any atom is -0.345 e. The molecule has 130 valence electrons. The molecule has 1 aliphatic heterocycles. The minimum absolute atomic E-state index is 0.946. The predicted octanol–water partition coefficient (Wildman–Crippen LogP) is 6.06. The summed E-state index contributed by atoms with van der Waals surface area (Å²) >= 11 is 3.61. The van der Waals surface area contributed by atoms with Crippen molar-refractivity contribution in [2.75, 3.05) is 13.1 Å². The molecule has 5 heteroatoms. The molecule has 26 heavy (non-hydrogen) atoms. The Kier molecular flexibility index (Phi) is 4.28. The van der Waals surface area contributed by atoms with Gasteiger partial charge in [0.1, 0.15) is 5.65 Å². The van der Waals surface area contributed by atoms with Crippen molar-refractivity contribution in [2.24, 2.45) is 0 Å². The average molecular weight is 378 g/mol. The zero-order valence-corrected chi connectivity index (χ0v) is 15.9. The largest absolute Gasteiger partial charge is 0.345 e. The van der Waals surface area contributed by atoms with Crippen LogP contribution in [0.5, 0.6) is 0 Å². The van der Waals surface area contributed by atoms with Gasteiger partial charge >= 0.3 is 0 Å². The van der Waals surface area contributed by atoms with Crippen molar-refractivity contribution in [1.82, 2.24) is 14.3 Å². The number of benzene rings is 1. The summed E-state index contributed by atoms with van der Waals surface area (Å²) in [5.74, 6) is 0. The summed E-state index contributed by atoms with van der Waals surface area (Å²) in [7, 11) is 0. The van der Waals surface area contributed by atoms with E-state index in [1.165, 1.54) is 58.5 Å².